The van der Waals surface area contributed by atoms with Gasteiger partial charge in [0.2, 0.25) is 0 Å². The van der Waals surface area contributed by atoms with Crippen molar-refractivity contribution in [2.24, 2.45) is 0 Å². The normalized spacial score (nSPS) is 13.4. The quantitative estimate of drug-likeness (QED) is 0.554. The Balaban J connectivity index is 1.62. The van der Waals surface area contributed by atoms with Crippen LogP contribution in [0.1, 0.15) is 21.2 Å². The number of amides is 1. The van der Waals surface area contributed by atoms with Gasteiger partial charge in [0.15, 0.2) is 16.8 Å². The van der Waals surface area contributed by atoms with E-state index in [1.165, 1.54) is 17.6 Å². The first kappa shape index (κ1) is 17.3. The lowest BCUT2D eigenvalue weighted by Gasteiger charge is -2.25. The smallest absolute Gasteiger partial charge is 0.287 e. The summed E-state index contributed by atoms with van der Waals surface area (Å²) in [7, 11) is 0. The molecule has 0 aliphatic heterocycles. The number of hydrogen-bond acceptors (Lipinski definition) is 6. The van der Waals surface area contributed by atoms with Crippen molar-refractivity contribution < 1.29 is 18.7 Å². The van der Waals surface area contributed by atoms with Crippen LogP contribution in [0.5, 0.6) is 0 Å². The second-order valence-electron chi connectivity index (χ2n) is 5.97. The van der Waals surface area contributed by atoms with Crippen LogP contribution >= 0.6 is 11.3 Å². The Kier molecular flexibility index (Phi) is 4.39. The summed E-state index contributed by atoms with van der Waals surface area (Å²) >= 11 is 1.35. The maximum atomic E-state index is 12.5. The fourth-order valence-electron chi connectivity index (χ4n) is 2.83. The van der Waals surface area contributed by atoms with Gasteiger partial charge >= 0.3 is 0 Å². The fraction of sp³-hybridized carbons (Fsp3) is 0.100. The Labute approximate surface area is 157 Å². The lowest BCUT2D eigenvalue weighted by atomic mass is 9.98. The minimum absolute atomic E-state index is 0.119. The van der Waals surface area contributed by atoms with Gasteiger partial charge in [-0.05, 0) is 35.7 Å². The molecule has 4 aromatic rings. The molecule has 4 rings (SSSR count). The average molecular weight is 381 g/mol. The summed E-state index contributed by atoms with van der Waals surface area (Å²) in [5.74, 6) is -0.406. The molecule has 0 aliphatic rings. The number of aliphatic hydroxyl groups is 1. The van der Waals surface area contributed by atoms with Crippen molar-refractivity contribution in [3.05, 3.63) is 92.9 Å². The van der Waals surface area contributed by atoms with Crippen molar-refractivity contribution in [3.63, 3.8) is 0 Å². The summed E-state index contributed by atoms with van der Waals surface area (Å²) in [6.45, 7) is -0.142. The van der Waals surface area contributed by atoms with Crippen molar-refractivity contribution >= 4 is 28.2 Å². The van der Waals surface area contributed by atoms with Gasteiger partial charge in [0.1, 0.15) is 11.3 Å². The number of benzene rings is 1. The van der Waals surface area contributed by atoms with Gasteiger partial charge in [-0.15, -0.1) is 11.3 Å². The number of rotatable bonds is 5. The molecule has 0 bridgehead atoms. The molecule has 3 heterocycles. The molecule has 2 N–H and O–H groups in total. The van der Waals surface area contributed by atoms with Crippen LogP contribution in [0.2, 0.25) is 0 Å². The van der Waals surface area contributed by atoms with Crippen LogP contribution in [0.15, 0.2) is 79.9 Å². The molecule has 1 aromatic carbocycles. The molecule has 0 aliphatic carbocycles. The Hall–Kier alpha value is -3.16. The number of nitrogens with one attached hydrogen (secondary N) is 1. The third kappa shape index (κ3) is 3.18. The third-order valence-corrected chi connectivity index (χ3v) is 5.24. The first-order valence-corrected chi connectivity index (χ1v) is 9.07. The van der Waals surface area contributed by atoms with Crippen molar-refractivity contribution in [2.75, 3.05) is 6.54 Å². The zero-order valence-corrected chi connectivity index (χ0v) is 14.9. The highest BCUT2D eigenvalue weighted by molar-refractivity contribution is 7.10. The van der Waals surface area contributed by atoms with Crippen LogP contribution in [-0.4, -0.2) is 17.6 Å². The molecule has 3 aromatic heterocycles. The van der Waals surface area contributed by atoms with Crippen molar-refractivity contribution in [1.82, 2.24) is 5.32 Å². The first-order chi connectivity index (χ1) is 13.1. The number of hydrogen-bond donors (Lipinski definition) is 2. The van der Waals surface area contributed by atoms with E-state index in [-0.39, 0.29) is 17.7 Å². The van der Waals surface area contributed by atoms with Gasteiger partial charge in [0.25, 0.3) is 5.91 Å². The van der Waals surface area contributed by atoms with Crippen LogP contribution < -0.4 is 10.7 Å². The number of fused-ring (bicyclic) bond motifs is 1. The van der Waals surface area contributed by atoms with E-state index in [9.17, 15) is 14.7 Å². The van der Waals surface area contributed by atoms with Gasteiger partial charge in [-0.25, -0.2) is 0 Å². The molecular formula is C20H15NO5S. The van der Waals surface area contributed by atoms with Crippen LogP contribution in [0.25, 0.3) is 11.0 Å². The van der Waals surface area contributed by atoms with Gasteiger partial charge in [-0.3, -0.25) is 9.59 Å². The number of carbonyl (C=O) groups excluding carboxylic acids is 1. The van der Waals surface area contributed by atoms with E-state index in [4.69, 9.17) is 8.83 Å². The summed E-state index contributed by atoms with van der Waals surface area (Å²) in [6, 6.07) is 14.7. The molecule has 6 nitrogen and oxygen atoms in total. The summed E-state index contributed by atoms with van der Waals surface area (Å²) < 4.78 is 10.9. The van der Waals surface area contributed by atoms with Crippen molar-refractivity contribution in [1.29, 1.82) is 0 Å². The molecule has 0 spiro atoms. The molecule has 0 unspecified atom stereocenters. The molecule has 136 valence electrons. The number of furan rings is 1. The van der Waals surface area contributed by atoms with Gasteiger partial charge < -0.3 is 19.3 Å². The Morgan fingerprint density at radius 1 is 1.15 bits per heavy atom. The molecular weight excluding hydrogens is 366 g/mol. The topological polar surface area (TPSA) is 92.7 Å². The Bertz CT molecular complexity index is 1090. The maximum absolute atomic E-state index is 12.5. The van der Waals surface area contributed by atoms with E-state index in [1.807, 2.05) is 5.38 Å². The van der Waals surface area contributed by atoms with Crippen LogP contribution in [-0.2, 0) is 5.60 Å². The van der Waals surface area contributed by atoms with E-state index in [2.05, 4.69) is 5.32 Å². The molecule has 1 atom stereocenters. The second-order valence-corrected chi connectivity index (χ2v) is 6.92. The molecule has 7 heteroatoms. The lowest BCUT2D eigenvalue weighted by molar-refractivity contribution is 0.0546. The molecule has 0 radical (unpaired) electrons. The second kappa shape index (κ2) is 6.86. The summed E-state index contributed by atoms with van der Waals surface area (Å²) in [6.07, 6.45) is 1.46. The van der Waals surface area contributed by atoms with Crippen LogP contribution in [0.3, 0.4) is 0 Å². The first-order valence-electron chi connectivity index (χ1n) is 8.19. The highest BCUT2D eigenvalue weighted by atomic mass is 32.1. The van der Waals surface area contributed by atoms with Gasteiger partial charge in [0.05, 0.1) is 18.2 Å². The van der Waals surface area contributed by atoms with Crippen molar-refractivity contribution in [2.45, 2.75) is 5.60 Å². The highest BCUT2D eigenvalue weighted by Gasteiger charge is 2.36. The number of carbonyl (C=O) groups is 1. The molecule has 0 saturated carbocycles. The predicted molar refractivity (Wildman–Crippen MR) is 101 cm³/mol. The molecule has 1 amide bonds. The fourth-order valence-corrected chi connectivity index (χ4v) is 3.66. The van der Waals surface area contributed by atoms with E-state index < -0.39 is 11.5 Å². The predicted octanol–water partition coefficient (Wildman–Crippen LogP) is 3.11. The van der Waals surface area contributed by atoms with Crippen LogP contribution in [0.4, 0.5) is 0 Å². The maximum Gasteiger partial charge on any atom is 0.287 e. The third-order valence-electron chi connectivity index (χ3n) is 4.22. The molecule has 0 saturated heterocycles. The zero-order valence-electron chi connectivity index (χ0n) is 14.0. The van der Waals surface area contributed by atoms with Crippen LogP contribution in [0, 0.1) is 0 Å². The minimum atomic E-state index is -1.52. The summed E-state index contributed by atoms with van der Waals surface area (Å²) in [5.41, 5.74) is -1.50. The average Bonchev–Trinajstić information content (AvgIpc) is 3.40. The number of para-hydroxylation sites is 1. The SMILES string of the molecule is O=C(NC[C@@](O)(c1ccco1)c1cccs1)c1cc(=O)c2ccccc2o1. The largest absolute Gasteiger partial charge is 0.466 e. The van der Waals surface area contributed by atoms with Crippen molar-refractivity contribution in [3.8, 4) is 0 Å². The van der Waals surface area contributed by atoms with Gasteiger partial charge in [-0.2, -0.15) is 0 Å². The van der Waals surface area contributed by atoms with E-state index in [1.54, 1.807) is 48.5 Å². The minimum Gasteiger partial charge on any atom is -0.466 e. The summed E-state index contributed by atoms with van der Waals surface area (Å²) in [5, 5.41) is 16.0. The molecule has 0 fully saturated rings. The summed E-state index contributed by atoms with van der Waals surface area (Å²) in [4.78, 5) is 25.3. The Morgan fingerprint density at radius 3 is 2.74 bits per heavy atom. The van der Waals surface area contributed by atoms with E-state index in [0.29, 0.717) is 21.6 Å². The van der Waals surface area contributed by atoms with E-state index >= 15 is 0 Å². The zero-order chi connectivity index (χ0) is 18.9. The van der Waals surface area contributed by atoms with Gasteiger partial charge in [-0.1, -0.05) is 18.2 Å². The highest BCUT2D eigenvalue weighted by Crippen LogP contribution is 2.32. The van der Waals surface area contributed by atoms with E-state index in [0.717, 1.165) is 6.07 Å². The molecule has 27 heavy (non-hydrogen) atoms. The Morgan fingerprint density at radius 2 is 2.00 bits per heavy atom. The standard InChI is InChI=1S/C20H15NO5S/c22-14-11-16(26-15-6-2-1-5-13(14)15)19(23)21-12-20(24,17-7-3-9-25-17)18-8-4-10-27-18/h1-11,24H,12H2,(H,21,23)/t20-/m1/s1. The lowest BCUT2D eigenvalue weighted by Crippen LogP contribution is -2.41. The van der Waals surface area contributed by atoms with Gasteiger partial charge in [0, 0.05) is 10.9 Å². The monoisotopic (exact) mass is 381 g/mol. The number of thiophene rings is 1.